The molecule has 1 rings (SSSR count). The molecule has 0 saturated heterocycles. The zero-order chi connectivity index (χ0) is 14.5. The molecule has 19 heavy (non-hydrogen) atoms. The monoisotopic (exact) mass is 250 g/mol. The highest BCUT2D eigenvalue weighted by Crippen LogP contribution is 2.26. The predicted molar refractivity (Wildman–Crippen MR) is 72.8 cm³/mol. The maximum absolute atomic E-state index is 9.15. The molecular weight excluding hydrogens is 236 g/mol. The van der Waals surface area contributed by atoms with Gasteiger partial charge in [-0.2, -0.15) is 15.8 Å². The number of hydrogen-bond acceptors (Lipinski definition) is 4. The van der Waals surface area contributed by atoms with Crippen molar-refractivity contribution in [2.45, 2.75) is 26.2 Å². The number of benzene rings is 1. The van der Waals surface area contributed by atoms with Gasteiger partial charge in [0, 0.05) is 6.20 Å². The summed E-state index contributed by atoms with van der Waals surface area (Å²) in [4.78, 5) is 0. The van der Waals surface area contributed by atoms with E-state index in [0.717, 1.165) is 5.56 Å². The first-order valence-corrected chi connectivity index (χ1v) is 5.74. The lowest BCUT2D eigenvalue weighted by Gasteiger charge is -2.19. The zero-order valence-corrected chi connectivity index (χ0v) is 11.2. The van der Waals surface area contributed by atoms with E-state index in [4.69, 9.17) is 15.8 Å². The van der Waals surface area contributed by atoms with Crippen molar-refractivity contribution in [3.8, 4) is 18.2 Å². The molecule has 0 amide bonds. The van der Waals surface area contributed by atoms with Crippen LogP contribution in [-0.4, -0.2) is 0 Å². The fourth-order valence-corrected chi connectivity index (χ4v) is 1.47. The number of anilines is 1. The van der Waals surface area contributed by atoms with Crippen LogP contribution in [0, 0.1) is 34.0 Å². The van der Waals surface area contributed by atoms with Gasteiger partial charge in [-0.15, -0.1) is 0 Å². The molecule has 0 aromatic heterocycles. The van der Waals surface area contributed by atoms with Gasteiger partial charge in [0.25, 0.3) is 0 Å². The van der Waals surface area contributed by atoms with Crippen LogP contribution < -0.4 is 5.32 Å². The van der Waals surface area contributed by atoms with Crippen LogP contribution in [0.5, 0.6) is 0 Å². The summed E-state index contributed by atoms with van der Waals surface area (Å²) in [6.07, 6.45) is 1.30. The highest BCUT2D eigenvalue weighted by atomic mass is 14.8. The Labute approximate surface area is 113 Å². The summed E-state index contributed by atoms with van der Waals surface area (Å²) in [7, 11) is 0. The highest BCUT2D eigenvalue weighted by molar-refractivity contribution is 5.61. The molecule has 0 spiro atoms. The highest BCUT2D eigenvalue weighted by Gasteiger charge is 2.15. The maximum atomic E-state index is 9.15. The molecule has 0 atom stereocenters. The minimum absolute atomic E-state index is 0.0373. The van der Waals surface area contributed by atoms with Gasteiger partial charge < -0.3 is 5.32 Å². The lowest BCUT2D eigenvalue weighted by Crippen LogP contribution is -2.11. The van der Waals surface area contributed by atoms with Gasteiger partial charge in [0.05, 0.1) is 11.3 Å². The van der Waals surface area contributed by atoms with Gasteiger partial charge in [0.1, 0.15) is 23.8 Å². The standard InChI is InChI=1S/C15H14N4/c1-15(2,3)13-4-5-14(12(6-13)9-18)19-10-11(7-16)8-17/h4-6,10,19H,1-3H3. The van der Waals surface area contributed by atoms with Crippen LogP contribution in [0.3, 0.4) is 0 Å². The number of nitrogens with zero attached hydrogens (tertiary/aromatic N) is 3. The van der Waals surface area contributed by atoms with Crippen molar-refractivity contribution < 1.29 is 0 Å². The number of nitriles is 3. The van der Waals surface area contributed by atoms with E-state index in [1.165, 1.54) is 6.20 Å². The van der Waals surface area contributed by atoms with Gasteiger partial charge in [0.15, 0.2) is 0 Å². The summed E-state index contributed by atoms with van der Waals surface area (Å²) in [6.45, 7) is 6.21. The van der Waals surface area contributed by atoms with Gasteiger partial charge in [-0.25, -0.2) is 0 Å². The molecule has 1 aromatic carbocycles. The largest absolute Gasteiger partial charge is 0.359 e. The van der Waals surface area contributed by atoms with Gasteiger partial charge in [-0.1, -0.05) is 26.8 Å². The lowest BCUT2D eigenvalue weighted by molar-refractivity contribution is 0.590. The topological polar surface area (TPSA) is 83.4 Å². The number of allylic oxidation sites excluding steroid dienone is 1. The van der Waals surface area contributed by atoms with Crippen LogP contribution in [-0.2, 0) is 5.41 Å². The molecular formula is C15H14N4. The van der Waals surface area contributed by atoms with E-state index in [1.54, 1.807) is 18.2 Å². The third kappa shape index (κ3) is 3.60. The first-order valence-electron chi connectivity index (χ1n) is 5.74. The molecule has 0 aliphatic rings. The third-order valence-electron chi connectivity index (χ3n) is 2.62. The van der Waals surface area contributed by atoms with Crippen molar-refractivity contribution in [2.75, 3.05) is 5.32 Å². The number of nitrogens with one attached hydrogen (secondary N) is 1. The molecule has 4 nitrogen and oxygen atoms in total. The van der Waals surface area contributed by atoms with E-state index in [2.05, 4.69) is 32.2 Å². The predicted octanol–water partition coefficient (Wildman–Crippen LogP) is 3.20. The van der Waals surface area contributed by atoms with Crippen LogP contribution >= 0.6 is 0 Å². The smallest absolute Gasteiger partial charge is 0.145 e. The Balaban J connectivity index is 3.13. The Morgan fingerprint density at radius 3 is 2.26 bits per heavy atom. The maximum Gasteiger partial charge on any atom is 0.145 e. The second-order valence-electron chi connectivity index (χ2n) is 5.05. The molecule has 0 heterocycles. The van der Waals surface area contributed by atoms with E-state index in [1.807, 2.05) is 12.1 Å². The second kappa shape index (κ2) is 5.71. The Morgan fingerprint density at radius 2 is 1.79 bits per heavy atom. The molecule has 0 fully saturated rings. The molecule has 1 aromatic rings. The zero-order valence-electron chi connectivity index (χ0n) is 11.2. The van der Waals surface area contributed by atoms with Gasteiger partial charge >= 0.3 is 0 Å². The SMILES string of the molecule is CC(C)(C)c1ccc(NC=C(C#N)C#N)c(C#N)c1. The Kier molecular flexibility index (Phi) is 4.30. The summed E-state index contributed by atoms with van der Waals surface area (Å²) < 4.78 is 0. The van der Waals surface area contributed by atoms with Crippen LogP contribution in [0.25, 0.3) is 0 Å². The van der Waals surface area contributed by atoms with E-state index in [9.17, 15) is 0 Å². The van der Waals surface area contributed by atoms with Crippen LogP contribution in [0.1, 0.15) is 31.9 Å². The summed E-state index contributed by atoms with van der Waals surface area (Å²) in [5.41, 5.74) is 2.05. The lowest BCUT2D eigenvalue weighted by atomic mass is 9.86. The molecule has 0 radical (unpaired) electrons. The molecule has 0 aliphatic heterocycles. The summed E-state index contributed by atoms with van der Waals surface area (Å²) in [5.74, 6) is 0. The number of hydrogen-bond donors (Lipinski definition) is 1. The third-order valence-corrected chi connectivity index (χ3v) is 2.62. The average Bonchev–Trinajstić information content (AvgIpc) is 2.38. The van der Waals surface area contributed by atoms with E-state index < -0.39 is 0 Å². The van der Waals surface area contributed by atoms with Crippen molar-refractivity contribution in [2.24, 2.45) is 0 Å². The van der Waals surface area contributed by atoms with E-state index in [-0.39, 0.29) is 11.0 Å². The van der Waals surface area contributed by atoms with Crippen molar-refractivity contribution in [1.29, 1.82) is 15.8 Å². The molecule has 4 heteroatoms. The molecule has 0 aliphatic carbocycles. The molecule has 0 saturated carbocycles. The fourth-order valence-electron chi connectivity index (χ4n) is 1.47. The first-order chi connectivity index (χ1) is 8.92. The molecule has 0 unspecified atom stereocenters. The Hall–Kier alpha value is -2.77. The minimum Gasteiger partial charge on any atom is -0.359 e. The van der Waals surface area contributed by atoms with Gasteiger partial charge in [0.2, 0.25) is 0 Å². The van der Waals surface area contributed by atoms with Crippen LogP contribution in [0.2, 0.25) is 0 Å². The van der Waals surface area contributed by atoms with Crippen LogP contribution in [0.4, 0.5) is 5.69 Å². The van der Waals surface area contributed by atoms with Gasteiger partial charge in [-0.3, -0.25) is 0 Å². The number of rotatable bonds is 2. The Morgan fingerprint density at radius 1 is 1.16 bits per heavy atom. The Bertz CT molecular complexity index is 612. The van der Waals surface area contributed by atoms with Crippen molar-refractivity contribution in [1.82, 2.24) is 0 Å². The summed E-state index contributed by atoms with van der Waals surface area (Å²) in [6, 6.07) is 11.1. The fraction of sp³-hybridized carbons (Fsp3) is 0.267. The van der Waals surface area contributed by atoms with Crippen molar-refractivity contribution >= 4 is 5.69 Å². The van der Waals surface area contributed by atoms with Crippen LogP contribution in [0.15, 0.2) is 30.0 Å². The molecule has 0 bridgehead atoms. The van der Waals surface area contributed by atoms with E-state index in [0.29, 0.717) is 11.3 Å². The second-order valence-corrected chi connectivity index (χ2v) is 5.05. The normalized spacial score (nSPS) is 9.68. The van der Waals surface area contributed by atoms with Crippen molar-refractivity contribution in [3.05, 3.63) is 41.1 Å². The first kappa shape index (κ1) is 14.3. The quantitative estimate of drug-likeness (QED) is 0.817. The average molecular weight is 250 g/mol. The minimum atomic E-state index is -0.0382. The summed E-state index contributed by atoms with van der Waals surface area (Å²) >= 11 is 0. The molecule has 94 valence electrons. The molecule has 1 N–H and O–H groups in total. The summed E-state index contributed by atoms with van der Waals surface area (Å²) in [5, 5.41) is 29.2. The van der Waals surface area contributed by atoms with Crippen molar-refractivity contribution in [3.63, 3.8) is 0 Å². The van der Waals surface area contributed by atoms with E-state index >= 15 is 0 Å². The van der Waals surface area contributed by atoms with Gasteiger partial charge in [-0.05, 0) is 23.1 Å².